The first-order chi connectivity index (χ1) is 13.3. The summed E-state index contributed by atoms with van der Waals surface area (Å²) in [5.41, 5.74) is 0. The Morgan fingerprint density at radius 3 is 1.41 bits per heavy atom. The van der Waals surface area contributed by atoms with Crippen LogP contribution in [0.2, 0.25) is 0 Å². The van der Waals surface area contributed by atoms with Crippen LogP contribution in [0.4, 0.5) is 0 Å². The van der Waals surface area contributed by atoms with E-state index < -0.39 is 15.8 Å². The van der Waals surface area contributed by atoms with E-state index in [2.05, 4.69) is 42.8 Å². The number of rotatable bonds is 11. The summed E-state index contributed by atoms with van der Waals surface area (Å²) in [7, 11) is -1.30. The molecule has 2 nitrogen and oxygen atoms in total. The van der Waals surface area contributed by atoms with Gasteiger partial charge in [-0.1, -0.05) is 67.6 Å². The van der Waals surface area contributed by atoms with Crippen LogP contribution in [0, 0.1) is 22.1 Å². The van der Waals surface area contributed by atoms with Crippen molar-refractivity contribution in [3.8, 4) is 11.6 Å². The molecular formula is C22H27N2P3. The van der Waals surface area contributed by atoms with Crippen molar-refractivity contribution in [2.24, 2.45) is 0 Å². The van der Waals surface area contributed by atoms with E-state index in [0.29, 0.717) is 0 Å². The Labute approximate surface area is 167 Å². The van der Waals surface area contributed by atoms with Gasteiger partial charge in [0.1, 0.15) is 0 Å². The number of nitrogens with zero attached hydrogens (tertiary/aromatic N) is 2. The summed E-state index contributed by atoms with van der Waals surface area (Å²) < 4.78 is 0. The molecule has 140 valence electrons. The number of nitriles is 2. The minimum atomic E-state index is -0.669. The van der Waals surface area contributed by atoms with Gasteiger partial charge in [0.25, 0.3) is 0 Å². The minimum Gasteiger partial charge on any atom is -0.193 e. The third-order valence-corrected chi connectivity index (χ3v) is 11.2. The standard InChI is InChI=1S/C22H27N2P3/c1-2-25(15-9-17-26(19-23)21-11-5-3-6-12-21)16-10-18-27(20-24)22-13-7-4-8-14-22/h3-8,11-14H,2,9-10,15-18H2,1H3. The topological polar surface area (TPSA) is 47.6 Å². The Morgan fingerprint density at radius 2 is 1.07 bits per heavy atom. The van der Waals surface area contributed by atoms with Crippen molar-refractivity contribution in [3.63, 3.8) is 0 Å². The largest absolute Gasteiger partial charge is 0.193 e. The van der Waals surface area contributed by atoms with Crippen LogP contribution in [0.3, 0.4) is 0 Å². The van der Waals surface area contributed by atoms with Crippen molar-refractivity contribution in [2.45, 2.75) is 19.8 Å². The predicted molar refractivity (Wildman–Crippen MR) is 123 cm³/mol. The van der Waals surface area contributed by atoms with Gasteiger partial charge in [-0.15, -0.1) is 7.92 Å². The molecule has 2 aromatic carbocycles. The fourth-order valence-corrected chi connectivity index (χ4v) is 8.55. The summed E-state index contributed by atoms with van der Waals surface area (Å²) in [4.78, 5) is 0. The van der Waals surface area contributed by atoms with E-state index >= 15 is 0 Å². The summed E-state index contributed by atoms with van der Waals surface area (Å²) in [6.07, 6.45) is 8.11. The first-order valence-electron chi connectivity index (χ1n) is 9.45. The lowest BCUT2D eigenvalue weighted by molar-refractivity contribution is 1.06. The quantitative estimate of drug-likeness (QED) is 0.435. The van der Waals surface area contributed by atoms with Gasteiger partial charge in [-0.2, -0.15) is 10.5 Å². The Morgan fingerprint density at radius 1 is 0.667 bits per heavy atom. The number of benzene rings is 2. The Balaban J connectivity index is 1.74. The van der Waals surface area contributed by atoms with Crippen LogP contribution < -0.4 is 10.6 Å². The molecule has 5 heteroatoms. The third kappa shape index (κ3) is 7.69. The Bertz CT molecular complexity index is 674. The van der Waals surface area contributed by atoms with Gasteiger partial charge in [0.05, 0.1) is 11.6 Å². The average Bonchev–Trinajstić information content (AvgIpc) is 2.74. The Kier molecular flexibility index (Phi) is 10.6. The lowest BCUT2D eigenvalue weighted by atomic mass is 10.4. The molecule has 0 aromatic heterocycles. The molecule has 2 atom stereocenters. The third-order valence-electron chi connectivity index (χ3n) is 4.54. The second kappa shape index (κ2) is 13.0. The summed E-state index contributed by atoms with van der Waals surface area (Å²) in [6, 6.07) is 20.5. The van der Waals surface area contributed by atoms with Crippen molar-refractivity contribution in [3.05, 3.63) is 60.7 Å². The molecule has 0 spiro atoms. The molecule has 2 aromatic rings. The molecule has 2 rings (SSSR count). The fraction of sp³-hybridized carbons (Fsp3) is 0.364. The van der Waals surface area contributed by atoms with Crippen molar-refractivity contribution < 1.29 is 0 Å². The smallest absolute Gasteiger partial charge is 0.0920 e. The van der Waals surface area contributed by atoms with E-state index in [1.165, 1.54) is 29.1 Å². The maximum Gasteiger partial charge on any atom is 0.0920 e. The molecule has 0 N–H and O–H groups in total. The van der Waals surface area contributed by atoms with Crippen LogP contribution in [0.25, 0.3) is 0 Å². The first kappa shape index (κ1) is 22.0. The zero-order valence-electron chi connectivity index (χ0n) is 16.0. The molecule has 0 saturated heterocycles. The van der Waals surface area contributed by atoms with Crippen LogP contribution in [0.15, 0.2) is 60.7 Å². The molecule has 0 aliphatic carbocycles. The van der Waals surface area contributed by atoms with E-state index in [0.717, 1.165) is 25.2 Å². The first-order valence-corrected chi connectivity index (χ1v) is 14.4. The molecule has 0 amide bonds. The predicted octanol–water partition coefficient (Wildman–Crippen LogP) is 5.85. The molecule has 0 saturated carbocycles. The van der Waals surface area contributed by atoms with E-state index in [1.54, 1.807) is 0 Å². The summed E-state index contributed by atoms with van der Waals surface area (Å²) >= 11 is 0. The lowest BCUT2D eigenvalue weighted by Crippen LogP contribution is -2.05. The molecule has 0 radical (unpaired) electrons. The minimum absolute atomic E-state index is 0.0343. The van der Waals surface area contributed by atoms with E-state index in [1.807, 2.05) is 36.4 Å². The monoisotopic (exact) mass is 412 g/mol. The molecule has 0 bridgehead atoms. The van der Waals surface area contributed by atoms with Crippen LogP contribution >= 0.6 is 23.8 Å². The highest BCUT2D eigenvalue weighted by atomic mass is 31.1. The van der Waals surface area contributed by atoms with E-state index in [-0.39, 0.29) is 7.92 Å². The SMILES string of the molecule is CCP(CCCP(C#N)c1ccccc1)CCCP(C#N)c1ccccc1. The van der Waals surface area contributed by atoms with Crippen LogP contribution in [0.5, 0.6) is 0 Å². The second-order valence-electron chi connectivity index (χ2n) is 6.32. The highest BCUT2D eigenvalue weighted by molar-refractivity contribution is 7.70. The van der Waals surface area contributed by atoms with E-state index in [9.17, 15) is 10.5 Å². The van der Waals surface area contributed by atoms with Gasteiger partial charge in [0.2, 0.25) is 0 Å². The zero-order chi connectivity index (χ0) is 19.3. The fourth-order valence-electron chi connectivity index (χ4n) is 3.02. The number of hydrogen-bond acceptors (Lipinski definition) is 2. The maximum absolute atomic E-state index is 9.50. The lowest BCUT2D eigenvalue weighted by Gasteiger charge is -2.18. The Hall–Kier alpha value is -1.29. The molecule has 0 aliphatic rings. The van der Waals surface area contributed by atoms with Gasteiger partial charge < -0.3 is 0 Å². The summed E-state index contributed by atoms with van der Waals surface area (Å²) in [5, 5.41) is 21.4. The van der Waals surface area contributed by atoms with Crippen LogP contribution in [-0.2, 0) is 0 Å². The van der Waals surface area contributed by atoms with Crippen LogP contribution in [0.1, 0.15) is 19.8 Å². The normalized spacial score (nSPS) is 13.9. The summed E-state index contributed by atoms with van der Waals surface area (Å²) in [6.45, 7) is 2.29. The van der Waals surface area contributed by atoms with Gasteiger partial charge in [0.15, 0.2) is 0 Å². The summed E-state index contributed by atoms with van der Waals surface area (Å²) in [5.74, 6) is 5.07. The van der Waals surface area contributed by atoms with Crippen molar-refractivity contribution in [2.75, 3.05) is 30.8 Å². The second-order valence-corrected chi connectivity index (χ2v) is 13.2. The molecule has 0 heterocycles. The zero-order valence-corrected chi connectivity index (χ0v) is 18.6. The van der Waals surface area contributed by atoms with Crippen LogP contribution in [-0.4, -0.2) is 30.8 Å². The van der Waals surface area contributed by atoms with Gasteiger partial charge in [-0.05, 0) is 54.3 Å². The average molecular weight is 412 g/mol. The number of hydrogen-bond donors (Lipinski definition) is 0. The van der Waals surface area contributed by atoms with Crippen molar-refractivity contribution in [1.29, 1.82) is 10.5 Å². The molecular weight excluding hydrogens is 385 g/mol. The van der Waals surface area contributed by atoms with Crippen molar-refractivity contribution in [1.82, 2.24) is 0 Å². The van der Waals surface area contributed by atoms with E-state index in [4.69, 9.17) is 0 Å². The van der Waals surface area contributed by atoms with Gasteiger partial charge in [-0.3, -0.25) is 0 Å². The highest BCUT2D eigenvalue weighted by Crippen LogP contribution is 2.42. The molecule has 2 unspecified atom stereocenters. The molecule has 0 aliphatic heterocycles. The molecule has 0 fully saturated rings. The highest BCUT2D eigenvalue weighted by Gasteiger charge is 2.14. The van der Waals surface area contributed by atoms with Gasteiger partial charge in [-0.25, -0.2) is 0 Å². The van der Waals surface area contributed by atoms with Gasteiger partial charge in [0, 0.05) is 15.8 Å². The van der Waals surface area contributed by atoms with Gasteiger partial charge >= 0.3 is 0 Å². The maximum atomic E-state index is 9.50. The van der Waals surface area contributed by atoms with Crippen molar-refractivity contribution >= 4 is 34.4 Å². The molecule has 27 heavy (non-hydrogen) atoms.